The van der Waals surface area contributed by atoms with E-state index in [9.17, 15) is 4.79 Å². The molecule has 0 saturated heterocycles. The average Bonchev–Trinajstić information content (AvgIpc) is 2.66. The lowest BCUT2D eigenvalue weighted by Crippen LogP contribution is -1.97. The molecule has 0 aliphatic carbocycles. The lowest BCUT2D eigenvalue weighted by molar-refractivity contribution is 0.0703. The van der Waals surface area contributed by atoms with E-state index < -0.39 is 5.97 Å². The molecule has 0 aliphatic heterocycles. The van der Waals surface area contributed by atoms with Gasteiger partial charge in [0.05, 0.1) is 15.3 Å². The first-order chi connectivity index (χ1) is 6.65. The van der Waals surface area contributed by atoms with Gasteiger partial charge in [-0.15, -0.1) is 23.1 Å². The van der Waals surface area contributed by atoms with Crippen molar-refractivity contribution < 1.29 is 9.90 Å². The number of carbonyl (C=O) groups is 1. The lowest BCUT2D eigenvalue weighted by Gasteiger charge is -1.92. The molecular formula is C7H6N2O2S3. The van der Waals surface area contributed by atoms with Crippen molar-refractivity contribution in [1.82, 2.24) is 4.37 Å². The van der Waals surface area contributed by atoms with Crippen molar-refractivity contribution in [3.05, 3.63) is 4.88 Å². The second kappa shape index (κ2) is 3.41. The number of rotatable bonds is 2. The molecule has 14 heavy (non-hydrogen) atoms. The van der Waals surface area contributed by atoms with Gasteiger partial charge in [0.15, 0.2) is 0 Å². The highest BCUT2D eigenvalue weighted by molar-refractivity contribution is 8.00. The van der Waals surface area contributed by atoms with Crippen LogP contribution in [-0.2, 0) is 0 Å². The van der Waals surface area contributed by atoms with Crippen molar-refractivity contribution in [1.29, 1.82) is 0 Å². The van der Waals surface area contributed by atoms with Crippen LogP contribution in [0.15, 0.2) is 4.21 Å². The zero-order chi connectivity index (χ0) is 10.3. The van der Waals surface area contributed by atoms with Gasteiger partial charge in [-0.3, -0.25) is 0 Å². The minimum absolute atomic E-state index is 0.186. The maximum atomic E-state index is 10.8. The van der Waals surface area contributed by atoms with Crippen LogP contribution in [0.2, 0.25) is 0 Å². The number of thioether (sulfide) groups is 1. The Hall–Kier alpha value is -0.790. The summed E-state index contributed by atoms with van der Waals surface area (Å²) >= 11 is 4.02. The van der Waals surface area contributed by atoms with E-state index in [1.165, 1.54) is 23.3 Å². The summed E-state index contributed by atoms with van der Waals surface area (Å²) in [4.78, 5) is 11.7. The van der Waals surface area contributed by atoms with Gasteiger partial charge in [-0.2, -0.15) is 4.37 Å². The molecule has 0 spiro atoms. The second-order valence-electron chi connectivity index (χ2n) is 2.50. The summed E-state index contributed by atoms with van der Waals surface area (Å²) in [6.07, 6.45) is 1.92. The van der Waals surface area contributed by atoms with E-state index in [2.05, 4.69) is 4.37 Å². The number of hydrogen-bond donors (Lipinski definition) is 2. The Morgan fingerprint density at radius 3 is 2.93 bits per heavy atom. The van der Waals surface area contributed by atoms with Crippen molar-refractivity contribution in [3.63, 3.8) is 0 Å². The van der Waals surface area contributed by atoms with E-state index in [-0.39, 0.29) is 4.88 Å². The van der Waals surface area contributed by atoms with Crippen molar-refractivity contribution >= 4 is 56.5 Å². The standard InChI is InChI=1S/C7H6N2O2S3/c1-12-7-2-3(8)4(6(10)11)13-5(2)9-14-7/h8H2,1H3,(H,10,11). The largest absolute Gasteiger partial charge is 0.477 e. The number of fused-ring (bicyclic) bond motifs is 1. The molecular weight excluding hydrogens is 240 g/mol. The SMILES string of the molecule is CSc1snc2sc(C(=O)O)c(N)c12. The summed E-state index contributed by atoms with van der Waals surface area (Å²) < 4.78 is 5.12. The molecule has 0 bridgehead atoms. The van der Waals surface area contributed by atoms with Crippen LogP contribution >= 0.6 is 34.6 Å². The molecule has 0 unspecified atom stereocenters. The number of hydrogen-bond acceptors (Lipinski definition) is 6. The van der Waals surface area contributed by atoms with Gasteiger partial charge in [0.25, 0.3) is 0 Å². The topological polar surface area (TPSA) is 76.2 Å². The van der Waals surface area contributed by atoms with Gasteiger partial charge in [-0.25, -0.2) is 4.79 Å². The fraction of sp³-hybridized carbons (Fsp3) is 0.143. The monoisotopic (exact) mass is 246 g/mol. The van der Waals surface area contributed by atoms with Crippen LogP contribution in [0, 0.1) is 0 Å². The Balaban J connectivity index is 2.75. The molecule has 0 atom stereocenters. The fourth-order valence-corrected chi connectivity index (χ4v) is 3.69. The highest BCUT2D eigenvalue weighted by Gasteiger charge is 2.19. The number of thiophene rings is 1. The molecule has 0 aliphatic rings. The minimum atomic E-state index is -0.984. The van der Waals surface area contributed by atoms with E-state index in [0.29, 0.717) is 10.5 Å². The third kappa shape index (κ3) is 1.28. The maximum absolute atomic E-state index is 10.8. The zero-order valence-electron chi connectivity index (χ0n) is 7.10. The number of aromatic nitrogens is 1. The molecule has 74 valence electrons. The Morgan fingerprint density at radius 2 is 2.36 bits per heavy atom. The summed E-state index contributed by atoms with van der Waals surface area (Å²) in [6.45, 7) is 0. The highest BCUT2D eigenvalue weighted by Crippen LogP contribution is 2.41. The Bertz CT molecular complexity index is 502. The normalized spacial score (nSPS) is 10.9. The molecule has 0 aromatic carbocycles. The van der Waals surface area contributed by atoms with Crippen LogP contribution in [0.3, 0.4) is 0 Å². The second-order valence-corrected chi connectivity index (χ2v) is 5.35. The first-order valence-corrected chi connectivity index (χ1v) is 6.41. The van der Waals surface area contributed by atoms with E-state index in [1.54, 1.807) is 0 Å². The summed E-state index contributed by atoms with van der Waals surface area (Å²) in [5.41, 5.74) is 6.09. The Labute approximate surface area is 91.9 Å². The van der Waals surface area contributed by atoms with Crippen LogP contribution in [0.25, 0.3) is 10.2 Å². The first-order valence-electron chi connectivity index (χ1n) is 3.60. The lowest BCUT2D eigenvalue weighted by atomic mass is 10.3. The van der Waals surface area contributed by atoms with E-state index in [0.717, 1.165) is 20.9 Å². The Morgan fingerprint density at radius 1 is 1.64 bits per heavy atom. The number of nitrogen functional groups attached to an aromatic ring is 1. The fourth-order valence-electron chi connectivity index (χ4n) is 1.12. The smallest absolute Gasteiger partial charge is 0.348 e. The maximum Gasteiger partial charge on any atom is 0.348 e. The van der Waals surface area contributed by atoms with Crippen molar-refractivity contribution in [3.8, 4) is 0 Å². The molecule has 3 N–H and O–H groups in total. The zero-order valence-corrected chi connectivity index (χ0v) is 9.55. The molecule has 0 saturated carbocycles. The first kappa shape index (κ1) is 9.75. The molecule has 4 nitrogen and oxygen atoms in total. The third-order valence-corrected chi connectivity index (χ3v) is 4.87. The number of nitrogens with zero attached hydrogens (tertiary/aromatic N) is 1. The van der Waals surface area contributed by atoms with Gasteiger partial charge in [0.2, 0.25) is 0 Å². The number of nitrogens with two attached hydrogens (primary N) is 1. The summed E-state index contributed by atoms with van der Waals surface area (Å²) in [7, 11) is 0. The average molecular weight is 246 g/mol. The van der Waals surface area contributed by atoms with Crippen molar-refractivity contribution in [2.45, 2.75) is 4.21 Å². The van der Waals surface area contributed by atoms with Crippen molar-refractivity contribution in [2.75, 3.05) is 12.0 Å². The molecule has 7 heteroatoms. The Kier molecular flexibility index (Phi) is 2.38. The quantitative estimate of drug-likeness (QED) is 0.795. The van der Waals surface area contributed by atoms with E-state index in [1.807, 2.05) is 6.26 Å². The van der Waals surface area contributed by atoms with Gasteiger partial charge in [-0.05, 0) is 17.8 Å². The van der Waals surface area contributed by atoms with Crippen LogP contribution in [0.4, 0.5) is 5.69 Å². The van der Waals surface area contributed by atoms with Crippen molar-refractivity contribution in [2.24, 2.45) is 0 Å². The summed E-state index contributed by atoms with van der Waals surface area (Å²) in [6, 6.07) is 0. The predicted octanol–water partition coefficient (Wildman–Crippen LogP) is 2.36. The molecule has 2 aromatic heterocycles. The van der Waals surface area contributed by atoms with Gasteiger partial charge < -0.3 is 10.8 Å². The number of carboxylic acid groups (broad SMARTS) is 1. The molecule has 0 fully saturated rings. The van der Waals surface area contributed by atoms with E-state index in [4.69, 9.17) is 10.8 Å². The van der Waals surface area contributed by atoms with Gasteiger partial charge in [-0.1, -0.05) is 0 Å². The van der Waals surface area contributed by atoms with Gasteiger partial charge >= 0.3 is 5.97 Å². The predicted molar refractivity (Wildman–Crippen MR) is 60.6 cm³/mol. The van der Waals surface area contributed by atoms with Crippen LogP contribution in [0.1, 0.15) is 9.67 Å². The molecule has 2 rings (SSSR count). The van der Waals surface area contributed by atoms with Crippen LogP contribution in [-0.4, -0.2) is 21.7 Å². The number of carboxylic acids is 1. The van der Waals surface area contributed by atoms with Gasteiger partial charge in [0.1, 0.15) is 9.71 Å². The minimum Gasteiger partial charge on any atom is -0.477 e. The third-order valence-electron chi connectivity index (χ3n) is 1.72. The summed E-state index contributed by atoms with van der Waals surface area (Å²) in [5, 5.41) is 9.64. The molecule has 2 heterocycles. The van der Waals surface area contributed by atoms with E-state index >= 15 is 0 Å². The summed E-state index contributed by atoms with van der Waals surface area (Å²) in [5.74, 6) is -0.984. The van der Waals surface area contributed by atoms with Gasteiger partial charge in [0, 0.05) is 0 Å². The van der Waals surface area contributed by atoms with Crippen LogP contribution < -0.4 is 5.73 Å². The number of anilines is 1. The highest BCUT2D eigenvalue weighted by atomic mass is 32.2. The van der Waals surface area contributed by atoms with Crippen LogP contribution in [0.5, 0.6) is 0 Å². The molecule has 2 aromatic rings. The molecule has 0 amide bonds. The number of aromatic carboxylic acids is 1. The molecule has 0 radical (unpaired) electrons.